The van der Waals surface area contributed by atoms with Crippen molar-refractivity contribution in [2.75, 3.05) is 45.2 Å². The first-order valence-electron chi connectivity index (χ1n) is 14.6. The molecule has 4 fully saturated rings. The number of fused-ring (bicyclic) bond motifs is 6. The van der Waals surface area contributed by atoms with Gasteiger partial charge in [-0.25, -0.2) is 0 Å². The molecule has 7 atom stereocenters. The Bertz CT molecular complexity index is 1180. The summed E-state index contributed by atoms with van der Waals surface area (Å²) >= 11 is 0. The van der Waals surface area contributed by atoms with Gasteiger partial charge in [-0.3, -0.25) is 30.5 Å². The molecule has 12 nitrogen and oxygen atoms in total. The molecule has 216 valence electrons. The number of nitrogens with one attached hydrogen (secondary N) is 4. The molecule has 0 aromatic heterocycles. The number of amides is 2. The Morgan fingerprint density at radius 3 is 2.90 bits per heavy atom. The van der Waals surface area contributed by atoms with E-state index in [0.717, 1.165) is 38.0 Å². The van der Waals surface area contributed by atoms with Crippen molar-refractivity contribution in [1.29, 1.82) is 0 Å². The number of benzene rings is 1. The molecular weight excluding hydrogens is 512 g/mol. The minimum absolute atomic E-state index is 0.0368. The molecule has 0 aliphatic carbocycles. The molecular formula is C28H40N8O4. The van der Waals surface area contributed by atoms with Crippen molar-refractivity contribution in [3.8, 4) is 0 Å². The summed E-state index contributed by atoms with van der Waals surface area (Å²) in [5.41, 5.74) is 3.81. The molecule has 7 rings (SSSR count). The third-order valence-corrected chi connectivity index (χ3v) is 9.21. The molecule has 6 heterocycles. The average Bonchev–Trinajstić information content (AvgIpc) is 3.22. The van der Waals surface area contributed by atoms with Crippen LogP contribution in [0.25, 0.3) is 0 Å². The molecule has 0 radical (unpaired) electrons. The monoisotopic (exact) mass is 552 g/mol. The zero-order valence-electron chi connectivity index (χ0n) is 23.0. The van der Waals surface area contributed by atoms with Crippen molar-refractivity contribution < 1.29 is 19.4 Å². The number of carbonyl (C=O) groups is 2. The molecule has 40 heavy (non-hydrogen) atoms. The first kappa shape index (κ1) is 26.3. The fourth-order valence-electron chi connectivity index (χ4n) is 7.13. The number of rotatable bonds is 2. The summed E-state index contributed by atoms with van der Waals surface area (Å²) in [4.78, 5) is 30.6. The third-order valence-electron chi connectivity index (χ3n) is 9.21. The Balaban J connectivity index is 1.13. The van der Waals surface area contributed by atoms with Crippen LogP contribution in [0.4, 0.5) is 5.69 Å². The predicted molar refractivity (Wildman–Crippen MR) is 147 cm³/mol. The second kappa shape index (κ2) is 10.7. The zero-order valence-corrected chi connectivity index (χ0v) is 23.0. The van der Waals surface area contributed by atoms with Gasteiger partial charge >= 0.3 is 0 Å². The maximum atomic E-state index is 13.7. The highest BCUT2D eigenvalue weighted by Gasteiger charge is 2.53. The first-order valence-corrected chi connectivity index (χ1v) is 14.6. The lowest BCUT2D eigenvalue weighted by atomic mass is 9.99. The molecule has 4 saturated heterocycles. The number of anilines is 1. The topological polar surface area (TPSA) is 125 Å². The van der Waals surface area contributed by atoms with Gasteiger partial charge in [0.2, 0.25) is 11.8 Å². The van der Waals surface area contributed by atoms with Crippen LogP contribution in [0.1, 0.15) is 30.4 Å². The molecule has 0 saturated carbocycles. The molecule has 2 bridgehead atoms. The van der Waals surface area contributed by atoms with Gasteiger partial charge in [0, 0.05) is 31.9 Å². The first-order chi connectivity index (χ1) is 19.4. The Morgan fingerprint density at radius 2 is 2.00 bits per heavy atom. The largest absolute Gasteiger partial charge is 0.391 e. The molecule has 2 amide bonds. The Morgan fingerprint density at radius 1 is 1.10 bits per heavy atom. The van der Waals surface area contributed by atoms with Gasteiger partial charge in [0.15, 0.2) is 0 Å². The van der Waals surface area contributed by atoms with Crippen LogP contribution in [-0.2, 0) is 27.3 Å². The van der Waals surface area contributed by atoms with Crippen LogP contribution in [-0.4, -0.2) is 114 Å². The van der Waals surface area contributed by atoms with Gasteiger partial charge in [-0.2, -0.15) is 5.01 Å². The van der Waals surface area contributed by atoms with Crippen LogP contribution in [0.2, 0.25) is 0 Å². The number of aliphatic hydroxyl groups is 1. The highest BCUT2D eigenvalue weighted by Crippen LogP contribution is 2.34. The number of likely N-dealkylation sites (N-methyl/N-ethyl adjacent to an activating group) is 1. The van der Waals surface area contributed by atoms with Crippen LogP contribution < -0.4 is 21.3 Å². The molecule has 1 aromatic rings. The van der Waals surface area contributed by atoms with Gasteiger partial charge in [-0.15, -0.1) is 0 Å². The summed E-state index contributed by atoms with van der Waals surface area (Å²) < 4.78 is 5.89. The van der Waals surface area contributed by atoms with Crippen molar-refractivity contribution in [2.45, 2.75) is 69.2 Å². The molecule has 6 aliphatic rings. The van der Waals surface area contributed by atoms with Crippen LogP contribution in [0.3, 0.4) is 0 Å². The summed E-state index contributed by atoms with van der Waals surface area (Å²) in [6.07, 6.45) is 5.10. The van der Waals surface area contributed by atoms with Crippen LogP contribution in [0, 0.1) is 5.92 Å². The van der Waals surface area contributed by atoms with E-state index >= 15 is 0 Å². The summed E-state index contributed by atoms with van der Waals surface area (Å²) in [6, 6.07) is 6.59. The maximum absolute atomic E-state index is 13.7. The molecule has 0 spiro atoms. The SMILES string of the molecule is CN1CCc2cc(NC3NCC4C(=O)N5C/C=C\CC(O)CN6C(=O)COC7CCC(NC76)N5C4N3)ccc2C1. The van der Waals surface area contributed by atoms with Gasteiger partial charge in [-0.05, 0) is 56.0 Å². The number of aliphatic hydroxyl groups excluding tert-OH is 1. The minimum atomic E-state index is -0.671. The van der Waals surface area contributed by atoms with Crippen molar-refractivity contribution >= 4 is 17.5 Å². The number of hydrazine groups is 1. The Labute approximate surface area is 234 Å². The van der Waals surface area contributed by atoms with Crippen LogP contribution in [0.5, 0.6) is 0 Å². The lowest BCUT2D eigenvalue weighted by molar-refractivity contribution is -0.178. The van der Waals surface area contributed by atoms with E-state index < -0.39 is 6.10 Å². The van der Waals surface area contributed by atoms with Gasteiger partial charge < -0.3 is 25.0 Å². The van der Waals surface area contributed by atoms with Gasteiger partial charge in [-0.1, -0.05) is 18.2 Å². The summed E-state index contributed by atoms with van der Waals surface area (Å²) in [7, 11) is 2.16. The zero-order chi connectivity index (χ0) is 27.4. The minimum Gasteiger partial charge on any atom is -0.391 e. The smallest absolute Gasteiger partial charge is 0.250 e. The Kier molecular flexibility index (Phi) is 7.03. The summed E-state index contributed by atoms with van der Waals surface area (Å²) in [6.45, 7) is 3.31. The van der Waals surface area contributed by atoms with Crippen molar-refractivity contribution in [2.24, 2.45) is 5.92 Å². The molecule has 7 unspecified atom stereocenters. The maximum Gasteiger partial charge on any atom is 0.250 e. The Hall–Kier alpha value is -2.58. The number of ether oxygens (including phenoxy) is 1. The fraction of sp³-hybridized carbons (Fsp3) is 0.643. The summed E-state index contributed by atoms with van der Waals surface area (Å²) in [5, 5.41) is 29.0. The van der Waals surface area contributed by atoms with E-state index in [-0.39, 0.29) is 61.8 Å². The van der Waals surface area contributed by atoms with E-state index in [1.165, 1.54) is 11.1 Å². The number of nitrogens with zero attached hydrogens (tertiary/aromatic N) is 4. The van der Waals surface area contributed by atoms with Crippen LogP contribution >= 0.6 is 0 Å². The number of morpholine rings is 1. The van der Waals surface area contributed by atoms with E-state index in [9.17, 15) is 14.7 Å². The molecule has 12 heteroatoms. The van der Waals surface area contributed by atoms with Crippen LogP contribution in [0.15, 0.2) is 30.4 Å². The third kappa shape index (κ3) is 4.81. The standard InChI is InChI=1S/C28H40N8O4/c1-33-11-9-17-12-19(6-5-18(17)14-33)30-28-29-13-21-25(32-28)36-23-8-7-22-26(31-23)34(24(38)16-40-22)15-20(37)4-2-3-10-35(36)27(21)39/h2-3,5-6,12,20-23,25-26,28-32,37H,4,7-11,13-16H2,1H3/b3-2-. The second-order valence-corrected chi connectivity index (χ2v) is 11.9. The van der Waals surface area contributed by atoms with Gasteiger partial charge in [0.25, 0.3) is 0 Å². The quantitative estimate of drug-likeness (QED) is 0.297. The number of piperidine rings is 1. The van der Waals surface area contributed by atoms with Gasteiger partial charge in [0.1, 0.15) is 19.1 Å². The number of hydrogen-bond acceptors (Lipinski definition) is 10. The average molecular weight is 553 g/mol. The van der Waals surface area contributed by atoms with Crippen molar-refractivity contribution in [3.05, 3.63) is 41.5 Å². The van der Waals surface area contributed by atoms with E-state index in [1.807, 2.05) is 17.2 Å². The molecule has 1 aromatic carbocycles. The second-order valence-electron chi connectivity index (χ2n) is 11.9. The molecule has 6 aliphatic heterocycles. The van der Waals surface area contributed by atoms with Gasteiger partial charge in [0.05, 0.1) is 37.0 Å². The normalized spacial score (nSPS) is 37.6. The van der Waals surface area contributed by atoms with E-state index in [1.54, 1.807) is 4.90 Å². The predicted octanol–water partition coefficient (Wildman–Crippen LogP) is -0.852. The lowest BCUT2D eigenvalue weighted by Gasteiger charge is -2.51. The van der Waals surface area contributed by atoms with E-state index in [4.69, 9.17) is 4.74 Å². The fourth-order valence-corrected chi connectivity index (χ4v) is 7.13. The number of hydrogen-bond donors (Lipinski definition) is 5. The molecule has 5 N–H and O–H groups in total. The number of carbonyl (C=O) groups excluding carboxylic acids is 2. The lowest BCUT2D eigenvalue weighted by Crippen LogP contribution is -2.72. The van der Waals surface area contributed by atoms with E-state index in [0.29, 0.717) is 19.5 Å². The van der Waals surface area contributed by atoms with Crippen molar-refractivity contribution in [1.82, 2.24) is 35.8 Å². The highest BCUT2D eigenvalue weighted by molar-refractivity contribution is 5.82. The van der Waals surface area contributed by atoms with Crippen molar-refractivity contribution in [3.63, 3.8) is 0 Å². The summed E-state index contributed by atoms with van der Waals surface area (Å²) in [5.74, 6) is -0.302. The highest BCUT2D eigenvalue weighted by atomic mass is 16.5. The van der Waals surface area contributed by atoms with E-state index in [2.05, 4.69) is 56.4 Å².